The molecular weight excluding hydrogens is 618 g/mol. The molecule has 0 saturated carbocycles. The number of Topliss-reactive ketones (excluding diaryl/α,β-unsaturated/α-hetero) is 1. The van der Waals surface area contributed by atoms with Crippen LogP contribution in [0, 0.1) is 5.41 Å². The summed E-state index contributed by atoms with van der Waals surface area (Å²) in [5.74, 6) is -4.15. The quantitative estimate of drug-likeness (QED) is 0.0635. The number of carbonyl (C=O) groups excluding carboxylic acids is 6. The highest BCUT2D eigenvalue weighted by Gasteiger charge is 2.34. The maximum atomic E-state index is 13.7. The number of guanidine groups is 1. The number of benzene rings is 1. The average molecular weight is 660 g/mol. The molecule has 2 unspecified atom stereocenters. The zero-order valence-corrected chi connectivity index (χ0v) is 26.5. The first-order chi connectivity index (χ1) is 21.8. The van der Waals surface area contributed by atoms with Crippen molar-refractivity contribution >= 4 is 62.8 Å². The molecule has 1 aromatic heterocycles. The fraction of sp³-hybridized carbons (Fsp3) is 0.517. The van der Waals surface area contributed by atoms with Crippen molar-refractivity contribution in [1.82, 2.24) is 36.9 Å². The number of carbonyl (C=O) groups is 6. The van der Waals surface area contributed by atoms with Gasteiger partial charge in [0.15, 0.2) is 11.0 Å². The molecule has 1 saturated heterocycles. The predicted octanol–water partition coefficient (Wildman–Crippen LogP) is -1.23. The number of aliphatic hydroxyl groups excluding tert-OH is 1. The van der Waals surface area contributed by atoms with Gasteiger partial charge >= 0.3 is 0 Å². The normalized spacial score (nSPS) is 21.0. The van der Waals surface area contributed by atoms with Crippen molar-refractivity contribution in [2.24, 2.45) is 5.73 Å². The number of fused-ring (bicyclic) bond motifs is 1. The zero-order valence-electron chi connectivity index (χ0n) is 25.7. The summed E-state index contributed by atoms with van der Waals surface area (Å²) in [6.07, 6.45) is -0.318. The van der Waals surface area contributed by atoms with Gasteiger partial charge in [-0.1, -0.05) is 12.1 Å². The van der Waals surface area contributed by atoms with E-state index in [2.05, 4.69) is 36.9 Å². The van der Waals surface area contributed by atoms with E-state index in [0.717, 1.165) is 4.70 Å². The lowest BCUT2D eigenvalue weighted by Crippen LogP contribution is -2.60. The minimum Gasteiger partial charge on any atom is -0.391 e. The first kappa shape index (κ1) is 35.8. The van der Waals surface area contributed by atoms with Crippen molar-refractivity contribution in [3.63, 3.8) is 0 Å². The number of rotatable bonds is 10. The smallest absolute Gasteiger partial charge is 0.245 e. The molecule has 1 aromatic carbocycles. The van der Waals surface area contributed by atoms with Crippen molar-refractivity contribution in [2.75, 3.05) is 13.1 Å². The van der Waals surface area contributed by atoms with Crippen LogP contribution < -0.4 is 37.6 Å². The van der Waals surface area contributed by atoms with Crippen LogP contribution in [0.5, 0.6) is 0 Å². The topological polar surface area (TPSA) is 258 Å². The number of ketones is 1. The third kappa shape index (κ3) is 10.8. The molecule has 0 spiro atoms. The van der Waals surface area contributed by atoms with Gasteiger partial charge < -0.3 is 42.7 Å². The number of hydrogen-bond donors (Lipinski definition) is 9. The van der Waals surface area contributed by atoms with Gasteiger partial charge in [-0.05, 0) is 51.2 Å². The number of thiazole rings is 1. The molecule has 3 rings (SSSR count). The van der Waals surface area contributed by atoms with Gasteiger partial charge in [0, 0.05) is 20.0 Å². The summed E-state index contributed by atoms with van der Waals surface area (Å²) in [7, 11) is 0. The number of nitrogens with two attached hydrogens (primary N) is 1. The lowest BCUT2D eigenvalue weighted by molar-refractivity contribution is -0.136. The number of hydrogen-bond acceptors (Lipinski definition) is 10. The van der Waals surface area contributed by atoms with Gasteiger partial charge in [-0.2, -0.15) is 0 Å². The fourth-order valence-corrected chi connectivity index (χ4v) is 5.76. The van der Waals surface area contributed by atoms with E-state index < -0.39 is 65.6 Å². The zero-order chi connectivity index (χ0) is 33.8. The second-order valence-electron chi connectivity index (χ2n) is 11.0. The Morgan fingerprint density at radius 2 is 1.89 bits per heavy atom. The molecular formula is C29H41N9O7S. The van der Waals surface area contributed by atoms with Crippen LogP contribution in [0.15, 0.2) is 24.3 Å². The molecule has 5 atom stereocenters. The first-order valence-electron chi connectivity index (χ1n) is 15.0. The van der Waals surface area contributed by atoms with Gasteiger partial charge in [-0.3, -0.25) is 34.2 Å². The standard InChI is InChI=1S/C29H41N9O7S/c1-15(39)23-27(45)36-19(9-5-6-12-32-22(41)14-20(26(44)38-23)34-16(2)40)25(43)35-18(10-7-13-33-29(30)31)24(42)28-37-17-8-3-4-11-21(17)46-28/h3-4,8,11,15,18-20,23,39H,5-7,9-10,12-14H2,1-2H3,(H,32,41)(H,34,40)(H,35,43)(H,36,45)(H,38,44)(H4,30,31,33)/t15?,18?,19-,20-,23-/m0/s1. The van der Waals surface area contributed by atoms with E-state index in [4.69, 9.17) is 11.1 Å². The Morgan fingerprint density at radius 3 is 2.57 bits per heavy atom. The minimum absolute atomic E-state index is 0.121. The molecule has 16 nitrogen and oxygen atoms in total. The Kier molecular flexibility index (Phi) is 13.4. The molecule has 46 heavy (non-hydrogen) atoms. The van der Waals surface area contributed by atoms with E-state index in [1.807, 2.05) is 12.1 Å². The first-order valence-corrected chi connectivity index (χ1v) is 15.8. The summed E-state index contributed by atoms with van der Waals surface area (Å²) in [6, 6.07) is 2.20. The second-order valence-corrected chi connectivity index (χ2v) is 12.0. The van der Waals surface area contributed by atoms with E-state index in [1.165, 1.54) is 25.2 Å². The van der Waals surface area contributed by atoms with Crippen molar-refractivity contribution in [1.29, 1.82) is 5.41 Å². The van der Waals surface area contributed by atoms with E-state index >= 15 is 0 Å². The number of para-hydroxylation sites is 1. The highest BCUT2D eigenvalue weighted by atomic mass is 32.1. The Balaban J connectivity index is 1.84. The Labute approximate surface area is 269 Å². The van der Waals surface area contributed by atoms with Crippen molar-refractivity contribution in [3.8, 4) is 0 Å². The molecule has 1 aliphatic heterocycles. The van der Waals surface area contributed by atoms with Gasteiger partial charge in [0.25, 0.3) is 0 Å². The Bertz CT molecular complexity index is 1410. The van der Waals surface area contributed by atoms with Crippen molar-refractivity contribution < 1.29 is 33.9 Å². The highest BCUT2D eigenvalue weighted by molar-refractivity contribution is 7.20. The van der Waals surface area contributed by atoms with E-state index in [9.17, 15) is 33.9 Å². The van der Waals surface area contributed by atoms with Crippen LogP contribution in [0.4, 0.5) is 0 Å². The van der Waals surface area contributed by atoms with Crippen LogP contribution in [0.1, 0.15) is 62.2 Å². The fourth-order valence-electron chi connectivity index (χ4n) is 4.80. The summed E-state index contributed by atoms with van der Waals surface area (Å²) in [5, 5.41) is 33.3. The third-order valence-electron chi connectivity index (χ3n) is 7.14. The van der Waals surface area contributed by atoms with Gasteiger partial charge in [-0.15, -0.1) is 11.3 Å². The van der Waals surface area contributed by atoms with Gasteiger partial charge in [0.2, 0.25) is 35.3 Å². The van der Waals surface area contributed by atoms with Crippen molar-refractivity contribution in [3.05, 3.63) is 29.3 Å². The molecule has 5 amide bonds. The van der Waals surface area contributed by atoms with Crippen LogP contribution >= 0.6 is 11.3 Å². The summed E-state index contributed by atoms with van der Waals surface area (Å²) in [5.41, 5.74) is 6.00. The summed E-state index contributed by atoms with van der Waals surface area (Å²) < 4.78 is 0.798. The number of aromatic nitrogens is 1. The maximum Gasteiger partial charge on any atom is 0.245 e. The largest absolute Gasteiger partial charge is 0.391 e. The average Bonchev–Trinajstić information content (AvgIpc) is 3.43. The Hall–Kier alpha value is -4.64. The molecule has 10 N–H and O–H groups in total. The number of amides is 5. The van der Waals surface area contributed by atoms with E-state index in [1.54, 1.807) is 12.1 Å². The number of aliphatic hydroxyl groups is 1. The van der Waals surface area contributed by atoms with Gasteiger partial charge in [-0.25, -0.2) is 4.98 Å². The molecule has 0 aliphatic carbocycles. The van der Waals surface area contributed by atoms with Crippen LogP contribution in [0.25, 0.3) is 10.2 Å². The molecule has 250 valence electrons. The van der Waals surface area contributed by atoms with Gasteiger partial charge in [0.1, 0.15) is 18.1 Å². The van der Waals surface area contributed by atoms with E-state index in [0.29, 0.717) is 24.8 Å². The van der Waals surface area contributed by atoms with Crippen LogP contribution in [0.2, 0.25) is 0 Å². The molecule has 1 fully saturated rings. The number of nitrogens with one attached hydrogen (secondary N) is 7. The minimum atomic E-state index is -1.53. The van der Waals surface area contributed by atoms with Gasteiger partial charge in [0.05, 0.1) is 28.8 Å². The number of nitrogens with zero attached hydrogens (tertiary/aromatic N) is 1. The van der Waals surface area contributed by atoms with Crippen LogP contribution in [0.3, 0.4) is 0 Å². The molecule has 2 heterocycles. The third-order valence-corrected chi connectivity index (χ3v) is 8.19. The summed E-state index contributed by atoms with van der Waals surface area (Å²) in [4.78, 5) is 82.2. The lowest BCUT2D eigenvalue weighted by Gasteiger charge is -2.28. The summed E-state index contributed by atoms with van der Waals surface area (Å²) in [6.45, 7) is 2.93. The molecule has 0 bridgehead atoms. The molecule has 1 aliphatic rings. The van der Waals surface area contributed by atoms with E-state index in [-0.39, 0.29) is 43.3 Å². The monoisotopic (exact) mass is 659 g/mol. The molecule has 17 heteroatoms. The maximum absolute atomic E-state index is 13.7. The lowest BCUT2D eigenvalue weighted by atomic mass is 10.0. The molecule has 2 aromatic rings. The Morgan fingerprint density at radius 1 is 1.15 bits per heavy atom. The molecule has 0 radical (unpaired) electrons. The van der Waals surface area contributed by atoms with Crippen LogP contribution in [-0.2, 0) is 24.0 Å². The van der Waals surface area contributed by atoms with Crippen molar-refractivity contribution in [2.45, 2.75) is 82.6 Å². The van der Waals surface area contributed by atoms with Crippen LogP contribution in [-0.4, -0.2) is 94.7 Å². The SMILES string of the molecule is CC(=O)N[C@H]1CC(=O)NCCCC[C@@H](C(=O)NC(CCCNC(=N)N)C(=O)c2nc3ccccc3s2)NC(=O)[C@H](C(C)O)NC1=O. The summed E-state index contributed by atoms with van der Waals surface area (Å²) >= 11 is 1.19. The highest BCUT2D eigenvalue weighted by Crippen LogP contribution is 2.23. The predicted molar refractivity (Wildman–Crippen MR) is 170 cm³/mol. The second kappa shape index (κ2) is 17.2.